The van der Waals surface area contributed by atoms with E-state index in [1.165, 1.54) is 11.8 Å². The number of ketones is 1. The standard InChI is InChI=1S/C26H24N2O2S2/c29-24(21-11-9-20(10-12-21)19-5-2-1-3-6-19)17-32-26(31)27-14-18-13-22(16-27)23-7-4-8-25(30)28(23)15-18/h1-12,18,22H,13-17H2/t18-,22+/m1/s1. The molecule has 2 aliphatic heterocycles. The number of pyridine rings is 1. The molecule has 32 heavy (non-hydrogen) atoms. The second-order valence-electron chi connectivity index (χ2n) is 8.52. The first-order valence-electron chi connectivity index (χ1n) is 10.9. The third kappa shape index (κ3) is 4.30. The molecule has 6 heteroatoms. The van der Waals surface area contributed by atoms with Gasteiger partial charge in [0, 0.05) is 42.9 Å². The summed E-state index contributed by atoms with van der Waals surface area (Å²) in [6.45, 7) is 2.41. The number of hydrogen-bond donors (Lipinski definition) is 0. The second kappa shape index (κ2) is 9.04. The first kappa shape index (κ1) is 21.2. The summed E-state index contributed by atoms with van der Waals surface area (Å²) in [6, 6.07) is 23.5. The number of carbonyl (C=O) groups is 1. The number of aromatic nitrogens is 1. The molecule has 1 fully saturated rings. The van der Waals surface area contributed by atoms with E-state index in [1.807, 2.05) is 53.1 Å². The van der Waals surface area contributed by atoms with Crippen LogP contribution in [0.3, 0.4) is 0 Å². The minimum atomic E-state index is 0.0889. The van der Waals surface area contributed by atoms with Crippen molar-refractivity contribution in [3.05, 3.63) is 94.4 Å². The van der Waals surface area contributed by atoms with Crippen LogP contribution in [0.2, 0.25) is 0 Å². The summed E-state index contributed by atoms with van der Waals surface area (Å²) in [7, 11) is 0. The molecule has 0 aliphatic carbocycles. The highest BCUT2D eigenvalue weighted by atomic mass is 32.2. The summed E-state index contributed by atoms with van der Waals surface area (Å²) in [6.07, 6.45) is 1.10. The molecule has 0 spiro atoms. The summed E-state index contributed by atoms with van der Waals surface area (Å²) in [5.74, 6) is 1.16. The van der Waals surface area contributed by atoms with Crippen LogP contribution in [0.25, 0.3) is 11.1 Å². The largest absolute Gasteiger partial charge is 0.356 e. The number of likely N-dealkylation sites (tertiary alicyclic amines) is 1. The maximum atomic E-state index is 12.7. The summed E-state index contributed by atoms with van der Waals surface area (Å²) < 4.78 is 2.70. The lowest BCUT2D eigenvalue weighted by molar-refractivity contribution is 0.102. The van der Waals surface area contributed by atoms with Gasteiger partial charge < -0.3 is 9.47 Å². The lowest BCUT2D eigenvalue weighted by atomic mass is 9.83. The molecular formula is C26H24N2O2S2. The molecule has 2 aromatic carbocycles. The van der Waals surface area contributed by atoms with Crippen molar-refractivity contribution in [3.8, 4) is 11.1 Å². The average molecular weight is 461 g/mol. The first-order valence-corrected chi connectivity index (χ1v) is 12.3. The van der Waals surface area contributed by atoms with Crippen molar-refractivity contribution >= 4 is 34.1 Å². The van der Waals surface area contributed by atoms with Crippen molar-refractivity contribution in [2.75, 3.05) is 18.8 Å². The lowest BCUT2D eigenvalue weighted by Crippen LogP contribution is -2.48. The van der Waals surface area contributed by atoms with Crippen LogP contribution in [0.1, 0.15) is 28.4 Å². The molecule has 1 saturated heterocycles. The van der Waals surface area contributed by atoms with Crippen LogP contribution in [-0.2, 0) is 6.54 Å². The number of Topliss-reactive ketones (excluding diaryl/α,β-unsaturated/α-hetero) is 1. The van der Waals surface area contributed by atoms with Crippen LogP contribution < -0.4 is 5.56 Å². The summed E-state index contributed by atoms with van der Waals surface area (Å²) >= 11 is 7.15. The molecule has 0 radical (unpaired) electrons. The predicted molar refractivity (Wildman–Crippen MR) is 134 cm³/mol. The number of benzene rings is 2. The van der Waals surface area contributed by atoms with Crippen LogP contribution in [0, 0.1) is 5.92 Å². The lowest BCUT2D eigenvalue weighted by Gasteiger charge is -2.43. The number of thiocarbonyl (C=S) groups is 1. The number of rotatable bonds is 4. The van der Waals surface area contributed by atoms with Crippen molar-refractivity contribution in [3.63, 3.8) is 0 Å². The number of nitrogens with zero attached hydrogens (tertiary/aromatic N) is 2. The number of thioether (sulfide) groups is 1. The molecule has 4 nitrogen and oxygen atoms in total. The summed E-state index contributed by atoms with van der Waals surface area (Å²) in [4.78, 5) is 27.2. The highest BCUT2D eigenvalue weighted by molar-refractivity contribution is 8.23. The number of carbonyl (C=O) groups excluding carboxylic acids is 1. The van der Waals surface area contributed by atoms with E-state index < -0.39 is 0 Å². The molecule has 2 aliphatic rings. The summed E-state index contributed by atoms with van der Waals surface area (Å²) in [5, 5.41) is 0. The Hall–Kier alpha value is -2.70. The van der Waals surface area contributed by atoms with E-state index in [9.17, 15) is 9.59 Å². The van der Waals surface area contributed by atoms with Gasteiger partial charge in [-0.1, -0.05) is 84.6 Å². The molecule has 2 bridgehead atoms. The Kier molecular flexibility index (Phi) is 5.98. The van der Waals surface area contributed by atoms with Crippen LogP contribution >= 0.6 is 24.0 Å². The van der Waals surface area contributed by atoms with E-state index in [2.05, 4.69) is 23.1 Å². The molecule has 0 unspecified atom stereocenters. The highest BCUT2D eigenvalue weighted by Crippen LogP contribution is 2.36. The van der Waals surface area contributed by atoms with Gasteiger partial charge in [0.1, 0.15) is 4.32 Å². The minimum absolute atomic E-state index is 0.0889. The number of hydrogen-bond acceptors (Lipinski definition) is 4. The van der Waals surface area contributed by atoms with E-state index in [1.54, 1.807) is 6.07 Å². The molecule has 3 heterocycles. The van der Waals surface area contributed by atoms with E-state index in [-0.39, 0.29) is 11.3 Å². The fourth-order valence-corrected chi connectivity index (χ4v) is 5.91. The third-order valence-electron chi connectivity index (χ3n) is 6.38. The number of fused-ring (bicyclic) bond motifs is 4. The van der Waals surface area contributed by atoms with Crippen molar-refractivity contribution in [2.45, 2.75) is 18.9 Å². The third-order valence-corrected chi connectivity index (χ3v) is 7.90. The second-order valence-corrected chi connectivity index (χ2v) is 10.1. The first-order chi connectivity index (χ1) is 15.6. The topological polar surface area (TPSA) is 42.3 Å². The van der Waals surface area contributed by atoms with Gasteiger partial charge in [-0.3, -0.25) is 9.59 Å². The van der Waals surface area contributed by atoms with Crippen molar-refractivity contribution < 1.29 is 4.79 Å². The van der Waals surface area contributed by atoms with Gasteiger partial charge in [-0.15, -0.1) is 0 Å². The molecule has 0 N–H and O–H groups in total. The molecule has 1 aromatic heterocycles. The van der Waals surface area contributed by atoms with Crippen molar-refractivity contribution in [1.29, 1.82) is 0 Å². The SMILES string of the molecule is O=C(CSC(=S)N1C[C@H]2C[C@@H](C1)c1cccc(=O)n1C2)c1ccc(-c2ccccc2)cc1. The van der Waals surface area contributed by atoms with Gasteiger partial charge >= 0.3 is 0 Å². The Bertz CT molecular complexity index is 1200. The fraction of sp³-hybridized carbons (Fsp3) is 0.269. The van der Waals surface area contributed by atoms with Crippen LogP contribution in [0.4, 0.5) is 0 Å². The maximum Gasteiger partial charge on any atom is 0.250 e. The predicted octanol–water partition coefficient (Wildman–Crippen LogP) is 4.84. The van der Waals surface area contributed by atoms with Gasteiger partial charge in [0.15, 0.2) is 5.78 Å². The molecule has 5 rings (SSSR count). The normalized spacial score (nSPS) is 19.3. The zero-order valence-corrected chi connectivity index (χ0v) is 19.3. The maximum absolute atomic E-state index is 12.7. The molecule has 162 valence electrons. The Morgan fingerprint density at radius 1 is 0.906 bits per heavy atom. The Morgan fingerprint density at radius 3 is 2.44 bits per heavy atom. The van der Waals surface area contributed by atoms with Gasteiger partial charge in [0.2, 0.25) is 0 Å². The number of piperidine rings is 1. The van der Waals surface area contributed by atoms with Gasteiger partial charge in [0.05, 0.1) is 5.75 Å². The smallest absolute Gasteiger partial charge is 0.250 e. The minimum Gasteiger partial charge on any atom is -0.356 e. The van der Waals surface area contributed by atoms with E-state index in [4.69, 9.17) is 12.2 Å². The Balaban J connectivity index is 1.20. The van der Waals surface area contributed by atoms with Gasteiger partial charge in [-0.2, -0.15) is 0 Å². The quantitative estimate of drug-likeness (QED) is 0.412. The molecule has 2 atom stereocenters. The van der Waals surface area contributed by atoms with Gasteiger partial charge in [0.25, 0.3) is 5.56 Å². The van der Waals surface area contributed by atoms with E-state index >= 15 is 0 Å². The van der Waals surface area contributed by atoms with E-state index in [0.717, 1.165) is 47.2 Å². The van der Waals surface area contributed by atoms with Crippen LogP contribution in [-0.4, -0.2) is 38.4 Å². The Morgan fingerprint density at radius 2 is 1.66 bits per heavy atom. The summed E-state index contributed by atoms with van der Waals surface area (Å²) in [5.41, 5.74) is 4.15. The molecule has 0 amide bonds. The monoisotopic (exact) mass is 460 g/mol. The average Bonchev–Trinajstić information content (AvgIpc) is 2.83. The van der Waals surface area contributed by atoms with E-state index in [0.29, 0.717) is 23.2 Å². The van der Waals surface area contributed by atoms with Crippen molar-refractivity contribution in [2.24, 2.45) is 5.92 Å². The van der Waals surface area contributed by atoms with Crippen molar-refractivity contribution in [1.82, 2.24) is 9.47 Å². The zero-order chi connectivity index (χ0) is 22.1. The fourth-order valence-electron chi connectivity index (χ4n) is 4.83. The molecule has 3 aromatic rings. The Labute approximate surface area is 197 Å². The highest BCUT2D eigenvalue weighted by Gasteiger charge is 2.35. The van der Waals surface area contributed by atoms with Crippen LogP contribution in [0.15, 0.2) is 77.6 Å². The molecular weight excluding hydrogens is 436 g/mol. The zero-order valence-electron chi connectivity index (χ0n) is 17.6. The van der Waals surface area contributed by atoms with Crippen LogP contribution in [0.5, 0.6) is 0 Å². The van der Waals surface area contributed by atoms with Gasteiger partial charge in [-0.25, -0.2) is 0 Å². The molecule has 0 saturated carbocycles. The van der Waals surface area contributed by atoms with Gasteiger partial charge in [-0.05, 0) is 29.5 Å².